The van der Waals surface area contributed by atoms with E-state index in [1.165, 1.54) is 38.5 Å². The van der Waals surface area contributed by atoms with E-state index in [4.69, 9.17) is 23.7 Å². The maximum Gasteiger partial charge on any atom is 0.333 e. The summed E-state index contributed by atoms with van der Waals surface area (Å²) in [6.45, 7) is 17.5. The third-order valence-electron chi connectivity index (χ3n) is 8.11. The van der Waals surface area contributed by atoms with Crippen LogP contribution >= 0.6 is 0 Å². The molecular weight excluding hydrogens is 594 g/mol. The molecule has 1 heterocycles. The van der Waals surface area contributed by atoms with Crippen molar-refractivity contribution >= 4 is 11.9 Å². The van der Waals surface area contributed by atoms with Gasteiger partial charge in [0, 0.05) is 37.1 Å². The lowest BCUT2D eigenvalue weighted by molar-refractivity contribution is -0.139. The predicted molar refractivity (Wildman–Crippen MR) is 187 cm³/mol. The highest BCUT2D eigenvalue weighted by molar-refractivity contribution is 5.87. The van der Waals surface area contributed by atoms with Crippen LogP contribution in [0.4, 0.5) is 0 Å². The van der Waals surface area contributed by atoms with Crippen molar-refractivity contribution < 1.29 is 33.3 Å². The highest BCUT2D eigenvalue weighted by Gasteiger charge is 2.15. The minimum absolute atomic E-state index is 0.219. The van der Waals surface area contributed by atoms with Crippen molar-refractivity contribution in [2.75, 3.05) is 52.9 Å². The second-order valence-corrected chi connectivity index (χ2v) is 12.3. The highest BCUT2D eigenvalue weighted by atomic mass is 16.5. The Bertz CT molecular complexity index is 1300. The summed E-state index contributed by atoms with van der Waals surface area (Å²) in [6.07, 6.45) is 10.9. The van der Waals surface area contributed by atoms with Gasteiger partial charge in [-0.2, -0.15) is 0 Å². The Morgan fingerprint density at radius 2 is 1.23 bits per heavy atom. The first-order valence-corrected chi connectivity index (χ1v) is 17.3. The van der Waals surface area contributed by atoms with E-state index in [-0.39, 0.29) is 13.2 Å². The zero-order chi connectivity index (χ0) is 33.9. The summed E-state index contributed by atoms with van der Waals surface area (Å²) in [6, 6.07) is 12.3. The third-order valence-corrected chi connectivity index (χ3v) is 8.11. The van der Waals surface area contributed by atoms with E-state index in [9.17, 15) is 9.59 Å². The Balaban J connectivity index is 1.73. The van der Waals surface area contributed by atoms with Crippen LogP contribution in [0.3, 0.4) is 0 Å². The molecule has 0 saturated carbocycles. The van der Waals surface area contributed by atoms with Crippen LogP contribution in [0, 0.1) is 0 Å². The number of carbonyl (C=O) groups excluding carboxylic acids is 2. The quantitative estimate of drug-likeness (QED) is 0.0684. The topological polar surface area (TPSA) is 83.5 Å². The van der Waals surface area contributed by atoms with Gasteiger partial charge in [-0.1, -0.05) is 77.2 Å². The molecule has 1 fully saturated rings. The SMILES string of the molecule is C=C(C)C(=O)OCCc1cc(-c2ccc(OCCN3CCOC3)c(CCOC(=O)C(=C)C)c2)ccc1OCCCCCCCCCC. The molecule has 0 aliphatic carbocycles. The molecule has 0 spiro atoms. The van der Waals surface area contributed by atoms with Gasteiger partial charge in [0.05, 0.1) is 33.2 Å². The second-order valence-electron chi connectivity index (χ2n) is 12.3. The molecule has 1 aliphatic heterocycles. The van der Waals surface area contributed by atoms with E-state index in [1.807, 2.05) is 18.2 Å². The van der Waals surface area contributed by atoms with Crippen LogP contribution in [0.1, 0.15) is 83.3 Å². The number of hydrogen-bond acceptors (Lipinski definition) is 8. The lowest BCUT2D eigenvalue weighted by Gasteiger charge is -2.17. The van der Waals surface area contributed by atoms with E-state index in [1.54, 1.807) is 13.8 Å². The number of carbonyl (C=O) groups is 2. The average Bonchev–Trinajstić information content (AvgIpc) is 3.58. The number of ether oxygens (including phenoxy) is 5. The van der Waals surface area contributed by atoms with Gasteiger partial charge in [0.25, 0.3) is 0 Å². The minimum atomic E-state index is -0.405. The van der Waals surface area contributed by atoms with Gasteiger partial charge in [0.15, 0.2) is 0 Å². The highest BCUT2D eigenvalue weighted by Crippen LogP contribution is 2.31. The van der Waals surface area contributed by atoms with Crippen LogP contribution in [0.25, 0.3) is 11.1 Å². The summed E-state index contributed by atoms with van der Waals surface area (Å²) in [4.78, 5) is 26.3. The number of unbranched alkanes of at least 4 members (excludes halogenated alkanes) is 7. The van der Waals surface area contributed by atoms with Gasteiger partial charge in [-0.15, -0.1) is 0 Å². The summed E-state index contributed by atoms with van der Waals surface area (Å²) in [5, 5.41) is 0. The van der Waals surface area contributed by atoms with E-state index >= 15 is 0 Å². The molecule has 0 radical (unpaired) electrons. The summed E-state index contributed by atoms with van der Waals surface area (Å²) < 4.78 is 28.7. The molecule has 47 heavy (non-hydrogen) atoms. The van der Waals surface area contributed by atoms with Crippen LogP contribution in [0.15, 0.2) is 60.7 Å². The van der Waals surface area contributed by atoms with Gasteiger partial charge >= 0.3 is 11.9 Å². The van der Waals surface area contributed by atoms with E-state index in [0.29, 0.717) is 43.9 Å². The lowest BCUT2D eigenvalue weighted by atomic mass is 9.98. The Hall–Kier alpha value is -3.62. The van der Waals surface area contributed by atoms with Crippen LogP contribution in [0.2, 0.25) is 0 Å². The molecule has 2 aromatic carbocycles. The van der Waals surface area contributed by atoms with Gasteiger partial charge in [0.2, 0.25) is 0 Å². The van der Waals surface area contributed by atoms with Crippen molar-refractivity contribution in [3.8, 4) is 22.6 Å². The second kappa shape index (κ2) is 21.3. The molecule has 1 aliphatic rings. The molecule has 8 heteroatoms. The van der Waals surface area contributed by atoms with Crippen molar-refractivity contribution in [1.29, 1.82) is 0 Å². The molecule has 0 atom stereocenters. The maximum atomic E-state index is 12.0. The van der Waals surface area contributed by atoms with Crippen LogP contribution in [-0.2, 0) is 36.6 Å². The first-order valence-electron chi connectivity index (χ1n) is 17.3. The Morgan fingerprint density at radius 3 is 1.72 bits per heavy atom. The molecular formula is C39H55NO7. The maximum absolute atomic E-state index is 12.0. The Morgan fingerprint density at radius 1 is 0.723 bits per heavy atom. The number of esters is 2. The summed E-state index contributed by atoms with van der Waals surface area (Å²) in [5.74, 6) is 0.767. The number of benzene rings is 2. The van der Waals surface area contributed by atoms with E-state index < -0.39 is 11.9 Å². The molecule has 0 bridgehead atoms. The van der Waals surface area contributed by atoms with Crippen molar-refractivity contribution in [3.05, 3.63) is 71.8 Å². The fraction of sp³-hybridized carbons (Fsp3) is 0.538. The molecule has 3 rings (SSSR count). The predicted octanol–water partition coefficient (Wildman–Crippen LogP) is 7.87. The number of nitrogens with zero attached hydrogens (tertiary/aromatic N) is 1. The van der Waals surface area contributed by atoms with E-state index in [2.05, 4.69) is 43.2 Å². The van der Waals surface area contributed by atoms with Crippen molar-refractivity contribution in [2.24, 2.45) is 0 Å². The molecule has 8 nitrogen and oxygen atoms in total. The van der Waals surface area contributed by atoms with Crippen LogP contribution in [0.5, 0.6) is 11.5 Å². The van der Waals surface area contributed by atoms with Crippen LogP contribution < -0.4 is 9.47 Å². The van der Waals surface area contributed by atoms with Gasteiger partial charge in [-0.05, 0) is 66.8 Å². The first kappa shape index (κ1) is 37.8. The lowest BCUT2D eigenvalue weighted by Crippen LogP contribution is -2.25. The standard InChI is InChI=1S/C39H55NO7/c1-6-7-8-9-10-11-12-13-22-44-36-16-14-32(27-34(36)18-23-46-38(41)30(2)3)33-15-17-37(45-26-21-40-20-25-43-29-40)35(28-33)19-24-47-39(42)31(4)5/h14-17,27-28H,2,4,6-13,18-26,29H2,1,3,5H3. The Labute approximate surface area is 282 Å². The fourth-order valence-corrected chi connectivity index (χ4v) is 5.28. The summed E-state index contributed by atoms with van der Waals surface area (Å²) in [7, 11) is 0. The van der Waals surface area contributed by atoms with Crippen LogP contribution in [-0.4, -0.2) is 69.7 Å². The van der Waals surface area contributed by atoms with Crippen molar-refractivity contribution in [3.63, 3.8) is 0 Å². The number of hydrogen-bond donors (Lipinski definition) is 0. The molecule has 0 unspecified atom stereocenters. The van der Waals surface area contributed by atoms with Gasteiger partial charge in [0.1, 0.15) is 18.1 Å². The molecule has 0 amide bonds. The van der Waals surface area contributed by atoms with Gasteiger partial charge in [-0.3, -0.25) is 4.90 Å². The largest absolute Gasteiger partial charge is 0.493 e. The molecule has 2 aromatic rings. The van der Waals surface area contributed by atoms with Crippen molar-refractivity contribution in [2.45, 2.75) is 85.0 Å². The van der Waals surface area contributed by atoms with Gasteiger partial charge < -0.3 is 23.7 Å². The smallest absolute Gasteiger partial charge is 0.333 e. The first-order chi connectivity index (χ1) is 22.8. The van der Waals surface area contributed by atoms with Crippen molar-refractivity contribution in [1.82, 2.24) is 4.90 Å². The average molecular weight is 650 g/mol. The van der Waals surface area contributed by atoms with Gasteiger partial charge in [-0.25, -0.2) is 9.59 Å². The summed E-state index contributed by atoms with van der Waals surface area (Å²) in [5.41, 5.74) is 4.67. The monoisotopic (exact) mass is 649 g/mol. The Kier molecular flexibility index (Phi) is 17.1. The third kappa shape index (κ3) is 14.0. The molecule has 0 aromatic heterocycles. The zero-order valence-electron chi connectivity index (χ0n) is 28.9. The fourth-order valence-electron chi connectivity index (χ4n) is 5.28. The molecule has 1 saturated heterocycles. The molecule has 258 valence electrons. The molecule has 0 N–H and O–H groups in total. The number of rotatable bonds is 23. The van der Waals surface area contributed by atoms with E-state index in [0.717, 1.165) is 66.3 Å². The minimum Gasteiger partial charge on any atom is -0.493 e. The summed E-state index contributed by atoms with van der Waals surface area (Å²) >= 11 is 0. The normalized spacial score (nSPS) is 12.9. The zero-order valence-corrected chi connectivity index (χ0v) is 28.9.